The third-order valence-corrected chi connectivity index (χ3v) is 7.03. The standard InChI is InChI=1S/C29H28N8O3/c1-2-15-36-28(40)23-18-30-29(31-20-11-13-21(14-12-20)34-17-6-7-22(34)19-38)33-27(23)37(36)25-9-5-8-24(32-25)35-16-4-3-10-26(35)39/h2-5,8-14,16,18,22,38H,1,6-7,15,17,19H2,(H,30,31,33)/t22-/m1/s1. The first-order valence-electron chi connectivity index (χ1n) is 13.1. The molecule has 0 unspecified atom stereocenters. The Morgan fingerprint density at radius 1 is 1.02 bits per heavy atom. The first kappa shape index (κ1) is 25.3. The molecule has 0 aliphatic carbocycles. The monoisotopic (exact) mass is 536 g/mol. The molecule has 4 aromatic heterocycles. The third-order valence-electron chi connectivity index (χ3n) is 7.03. The quantitative estimate of drug-likeness (QED) is 0.290. The van der Waals surface area contributed by atoms with Crippen molar-refractivity contribution in [1.82, 2.24) is 28.9 Å². The van der Waals surface area contributed by atoms with Crippen molar-refractivity contribution < 1.29 is 5.11 Å². The summed E-state index contributed by atoms with van der Waals surface area (Å²) in [5.74, 6) is 1.14. The van der Waals surface area contributed by atoms with Crippen LogP contribution < -0.4 is 21.3 Å². The van der Waals surface area contributed by atoms with E-state index in [0.29, 0.717) is 28.6 Å². The molecule has 0 amide bonds. The number of allylic oxidation sites excluding steroid dienone is 1. The Bertz CT molecular complexity index is 1810. The van der Waals surface area contributed by atoms with Crippen molar-refractivity contribution >= 4 is 28.4 Å². The SMILES string of the molecule is C=CCn1c(=O)c2cnc(Nc3ccc(N4CCC[C@@H]4CO)cc3)nc2n1-c1cccc(-n2ccccc2=O)n1. The molecule has 1 aromatic carbocycles. The van der Waals surface area contributed by atoms with Crippen molar-refractivity contribution in [2.75, 3.05) is 23.4 Å². The summed E-state index contributed by atoms with van der Waals surface area (Å²) < 4.78 is 4.54. The molecule has 0 spiro atoms. The fourth-order valence-electron chi connectivity index (χ4n) is 5.12. The second kappa shape index (κ2) is 10.6. The molecule has 0 saturated carbocycles. The highest BCUT2D eigenvalue weighted by Crippen LogP contribution is 2.27. The summed E-state index contributed by atoms with van der Waals surface area (Å²) in [6, 6.07) is 18.2. The zero-order valence-corrected chi connectivity index (χ0v) is 21.7. The van der Waals surface area contributed by atoms with E-state index in [-0.39, 0.29) is 30.3 Å². The summed E-state index contributed by atoms with van der Waals surface area (Å²) in [6.07, 6.45) is 6.81. The lowest BCUT2D eigenvalue weighted by Crippen LogP contribution is -2.31. The van der Waals surface area contributed by atoms with Crippen LogP contribution in [0.1, 0.15) is 12.8 Å². The van der Waals surface area contributed by atoms with Gasteiger partial charge in [-0.05, 0) is 55.3 Å². The van der Waals surface area contributed by atoms with E-state index < -0.39 is 0 Å². The van der Waals surface area contributed by atoms with Crippen molar-refractivity contribution in [3.05, 3.63) is 106 Å². The number of nitrogens with zero attached hydrogens (tertiary/aromatic N) is 7. The van der Waals surface area contributed by atoms with E-state index in [9.17, 15) is 14.7 Å². The highest BCUT2D eigenvalue weighted by molar-refractivity contribution is 5.77. The number of hydrogen-bond donors (Lipinski definition) is 2. The Kier molecular flexibility index (Phi) is 6.71. The van der Waals surface area contributed by atoms with Gasteiger partial charge in [0.15, 0.2) is 11.5 Å². The Morgan fingerprint density at radius 3 is 2.62 bits per heavy atom. The molecule has 11 nitrogen and oxygen atoms in total. The van der Waals surface area contributed by atoms with Gasteiger partial charge in [-0.1, -0.05) is 18.2 Å². The number of aliphatic hydroxyl groups excluding tert-OH is 1. The van der Waals surface area contributed by atoms with E-state index in [1.165, 1.54) is 21.5 Å². The second-order valence-electron chi connectivity index (χ2n) is 9.53. The minimum absolute atomic E-state index is 0.140. The number of pyridine rings is 2. The van der Waals surface area contributed by atoms with Crippen molar-refractivity contribution in [3.8, 4) is 11.6 Å². The fraction of sp³-hybridized carbons (Fsp3) is 0.207. The van der Waals surface area contributed by atoms with E-state index in [4.69, 9.17) is 0 Å². The molecule has 5 heterocycles. The maximum absolute atomic E-state index is 13.3. The topological polar surface area (TPSA) is 123 Å². The molecule has 1 fully saturated rings. The summed E-state index contributed by atoms with van der Waals surface area (Å²) in [6.45, 7) is 5.08. The molecule has 1 aliphatic rings. The molecule has 1 atom stereocenters. The largest absolute Gasteiger partial charge is 0.394 e. The van der Waals surface area contributed by atoms with E-state index >= 15 is 0 Å². The highest BCUT2D eigenvalue weighted by atomic mass is 16.3. The van der Waals surface area contributed by atoms with Gasteiger partial charge in [0.1, 0.15) is 11.2 Å². The molecule has 6 rings (SSSR count). The molecule has 0 bridgehead atoms. The highest BCUT2D eigenvalue weighted by Gasteiger charge is 2.24. The van der Waals surface area contributed by atoms with Crippen molar-refractivity contribution in [2.45, 2.75) is 25.4 Å². The average Bonchev–Trinajstić information content (AvgIpc) is 3.56. The zero-order chi connectivity index (χ0) is 27.6. The van der Waals surface area contributed by atoms with Crippen LogP contribution in [0.15, 0.2) is 95.3 Å². The number of rotatable bonds is 8. The number of hydrogen-bond acceptors (Lipinski definition) is 8. The Balaban J connectivity index is 1.38. The van der Waals surface area contributed by atoms with E-state index in [0.717, 1.165) is 30.8 Å². The third kappa shape index (κ3) is 4.56. The Labute approximate surface area is 229 Å². The van der Waals surface area contributed by atoms with Gasteiger partial charge in [0.25, 0.3) is 11.1 Å². The van der Waals surface area contributed by atoms with Gasteiger partial charge in [-0.2, -0.15) is 4.98 Å². The maximum Gasteiger partial charge on any atom is 0.278 e. The molecule has 202 valence electrons. The summed E-state index contributed by atoms with van der Waals surface area (Å²) >= 11 is 0. The van der Waals surface area contributed by atoms with E-state index in [1.54, 1.807) is 47.3 Å². The van der Waals surface area contributed by atoms with E-state index in [1.807, 2.05) is 24.3 Å². The van der Waals surface area contributed by atoms with Gasteiger partial charge in [-0.3, -0.25) is 14.2 Å². The Hall–Kier alpha value is -5.03. The summed E-state index contributed by atoms with van der Waals surface area (Å²) in [4.78, 5) is 41.7. The molecule has 11 heteroatoms. The van der Waals surface area contributed by atoms with Gasteiger partial charge >= 0.3 is 0 Å². The summed E-state index contributed by atoms with van der Waals surface area (Å²) in [5.41, 5.74) is 1.71. The van der Waals surface area contributed by atoms with Crippen LogP contribution in [0.3, 0.4) is 0 Å². The van der Waals surface area contributed by atoms with Crippen LogP contribution in [0, 0.1) is 0 Å². The van der Waals surface area contributed by atoms with Crippen molar-refractivity contribution in [2.24, 2.45) is 0 Å². The van der Waals surface area contributed by atoms with Crippen LogP contribution in [-0.2, 0) is 6.54 Å². The van der Waals surface area contributed by atoms with Gasteiger partial charge in [0, 0.05) is 36.4 Å². The lowest BCUT2D eigenvalue weighted by atomic mass is 10.2. The van der Waals surface area contributed by atoms with Crippen molar-refractivity contribution in [1.29, 1.82) is 0 Å². The van der Waals surface area contributed by atoms with Crippen LogP contribution in [0.25, 0.3) is 22.7 Å². The molecule has 1 saturated heterocycles. The zero-order valence-electron chi connectivity index (χ0n) is 21.7. The molecular formula is C29H28N8O3. The molecule has 5 aromatic rings. The molecule has 0 radical (unpaired) electrons. The first-order chi connectivity index (χ1) is 19.6. The predicted octanol–water partition coefficient (Wildman–Crippen LogP) is 3.02. The predicted molar refractivity (Wildman–Crippen MR) is 154 cm³/mol. The minimum atomic E-state index is -0.279. The van der Waals surface area contributed by atoms with Gasteiger partial charge in [0.05, 0.1) is 19.2 Å². The van der Waals surface area contributed by atoms with E-state index in [2.05, 4.69) is 31.7 Å². The van der Waals surface area contributed by atoms with Crippen LogP contribution in [0.4, 0.5) is 17.3 Å². The van der Waals surface area contributed by atoms with Crippen LogP contribution in [0.5, 0.6) is 0 Å². The molecular weight excluding hydrogens is 508 g/mol. The molecule has 1 aliphatic heterocycles. The lowest BCUT2D eigenvalue weighted by Gasteiger charge is -2.25. The van der Waals surface area contributed by atoms with Gasteiger partial charge in [-0.25, -0.2) is 19.3 Å². The molecule has 40 heavy (non-hydrogen) atoms. The number of benzene rings is 1. The summed E-state index contributed by atoms with van der Waals surface area (Å²) in [5, 5.41) is 13.2. The van der Waals surface area contributed by atoms with Gasteiger partial charge < -0.3 is 15.3 Å². The van der Waals surface area contributed by atoms with Crippen LogP contribution in [0.2, 0.25) is 0 Å². The molecule has 2 N–H and O–H groups in total. The Morgan fingerprint density at radius 2 is 1.85 bits per heavy atom. The minimum Gasteiger partial charge on any atom is -0.394 e. The van der Waals surface area contributed by atoms with Gasteiger partial charge in [0.2, 0.25) is 5.95 Å². The number of fused-ring (bicyclic) bond motifs is 1. The normalized spacial score (nSPS) is 15.0. The fourth-order valence-corrected chi connectivity index (χ4v) is 5.12. The lowest BCUT2D eigenvalue weighted by molar-refractivity contribution is 0.266. The maximum atomic E-state index is 13.3. The second-order valence-corrected chi connectivity index (χ2v) is 9.53. The first-order valence-corrected chi connectivity index (χ1v) is 13.1. The smallest absolute Gasteiger partial charge is 0.278 e. The van der Waals surface area contributed by atoms with Crippen molar-refractivity contribution in [3.63, 3.8) is 0 Å². The average molecular weight is 537 g/mol. The number of nitrogens with one attached hydrogen (secondary N) is 1. The number of anilines is 3. The van der Waals surface area contributed by atoms with Crippen LogP contribution >= 0.6 is 0 Å². The number of aromatic nitrogens is 6. The summed E-state index contributed by atoms with van der Waals surface area (Å²) in [7, 11) is 0. The number of aliphatic hydroxyl groups is 1. The van der Waals surface area contributed by atoms with Crippen LogP contribution in [-0.4, -0.2) is 53.2 Å². The van der Waals surface area contributed by atoms with Gasteiger partial charge in [-0.15, -0.1) is 6.58 Å².